The third-order valence-corrected chi connectivity index (χ3v) is 5.57. The molecule has 7 heteroatoms. The predicted octanol–water partition coefficient (Wildman–Crippen LogP) is 3.95. The molecule has 2 aromatic carbocycles. The van der Waals surface area contributed by atoms with Crippen molar-refractivity contribution in [1.29, 1.82) is 0 Å². The van der Waals surface area contributed by atoms with Gasteiger partial charge < -0.3 is 10.1 Å². The summed E-state index contributed by atoms with van der Waals surface area (Å²) < 4.78 is 31.0. The molecule has 1 amide bonds. The summed E-state index contributed by atoms with van der Waals surface area (Å²) >= 11 is 0. The molecule has 0 saturated carbocycles. The molecule has 3 rings (SSSR count). The quantitative estimate of drug-likeness (QED) is 0.682. The molecule has 1 heterocycles. The van der Waals surface area contributed by atoms with Gasteiger partial charge in [-0.25, -0.2) is 8.42 Å². The lowest BCUT2D eigenvalue weighted by molar-refractivity contribution is 0.102. The molecule has 0 saturated heterocycles. The highest BCUT2D eigenvalue weighted by Gasteiger charge is 2.19. The Kier molecular flexibility index (Phi) is 5.75. The van der Waals surface area contributed by atoms with Gasteiger partial charge in [-0.1, -0.05) is 6.07 Å². The Bertz CT molecular complexity index is 1060. The molecule has 1 aromatic heterocycles. The Hall–Kier alpha value is -3.19. The Morgan fingerprint density at radius 1 is 1.00 bits per heavy atom. The fourth-order valence-corrected chi connectivity index (χ4v) is 3.81. The van der Waals surface area contributed by atoms with Gasteiger partial charge in [0.1, 0.15) is 5.75 Å². The zero-order valence-corrected chi connectivity index (χ0v) is 16.3. The second-order valence-corrected chi connectivity index (χ2v) is 8.31. The predicted molar refractivity (Wildman–Crippen MR) is 106 cm³/mol. The van der Waals surface area contributed by atoms with Crippen LogP contribution in [0.1, 0.15) is 24.2 Å². The van der Waals surface area contributed by atoms with Crippen molar-refractivity contribution in [3.63, 3.8) is 0 Å². The Morgan fingerprint density at radius 3 is 2.36 bits per heavy atom. The van der Waals surface area contributed by atoms with Gasteiger partial charge in [0.2, 0.25) is 9.84 Å². The number of benzene rings is 2. The van der Waals surface area contributed by atoms with Crippen molar-refractivity contribution < 1.29 is 17.9 Å². The third-order valence-electron chi connectivity index (χ3n) is 3.84. The number of anilines is 1. The lowest BCUT2D eigenvalue weighted by Crippen LogP contribution is -2.13. The highest BCUT2D eigenvalue weighted by Crippen LogP contribution is 2.22. The summed E-state index contributed by atoms with van der Waals surface area (Å²) in [5, 5.41) is 2.76. The van der Waals surface area contributed by atoms with Crippen molar-refractivity contribution >= 4 is 21.4 Å². The van der Waals surface area contributed by atoms with Crippen molar-refractivity contribution in [2.24, 2.45) is 0 Å². The van der Waals surface area contributed by atoms with E-state index in [0.717, 1.165) is 0 Å². The van der Waals surface area contributed by atoms with Crippen molar-refractivity contribution in [3.8, 4) is 5.75 Å². The van der Waals surface area contributed by atoms with Crippen molar-refractivity contribution in [3.05, 3.63) is 78.6 Å². The molecule has 0 spiro atoms. The monoisotopic (exact) mass is 396 g/mol. The Morgan fingerprint density at radius 2 is 1.71 bits per heavy atom. The van der Waals surface area contributed by atoms with Crippen LogP contribution in [0.3, 0.4) is 0 Å². The molecule has 6 nitrogen and oxygen atoms in total. The number of nitrogens with one attached hydrogen (secondary N) is 1. The molecule has 28 heavy (non-hydrogen) atoms. The summed E-state index contributed by atoms with van der Waals surface area (Å²) in [5.74, 6) is 0.304. The van der Waals surface area contributed by atoms with E-state index in [4.69, 9.17) is 4.74 Å². The average molecular weight is 396 g/mol. The number of rotatable bonds is 6. The number of hydrogen-bond donors (Lipinski definition) is 1. The second kappa shape index (κ2) is 8.22. The number of nitrogens with zero attached hydrogens (tertiary/aromatic N) is 1. The van der Waals surface area contributed by atoms with Crippen molar-refractivity contribution in [1.82, 2.24) is 4.98 Å². The standard InChI is InChI=1S/C21H20N2O4S/c1-15(2)27-18-10-8-17(9-11-18)23-21(24)16-5-3-6-19(13-16)28(25,26)20-7-4-12-22-14-20/h3-15H,1-2H3,(H,23,24). The first-order valence-corrected chi connectivity index (χ1v) is 10.2. The maximum Gasteiger partial charge on any atom is 0.255 e. The zero-order chi connectivity index (χ0) is 20.1. The van der Waals surface area contributed by atoms with Gasteiger partial charge in [-0.05, 0) is 68.4 Å². The molecule has 0 aliphatic heterocycles. The maximum atomic E-state index is 12.7. The van der Waals surface area contributed by atoms with Gasteiger partial charge in [0, 0.05) is 23.6 Å². The zero-order valence-electron chi connectivity index (χ0n) is 15.5. The van der Waals surface area contributed by atoms with E-state index in [1.165, 1.54) is 36.7 Å². The van der Waals surface area contributed by atoms with Crippen molar-refractivity contribution in [2.45, 2.75) is 29.7 Å². The minimum Gasteiger partial charge on any atom is -0.491 e. The van der Waals surface area contributed by atoms with E-state index in [0.29, 0.717) is 11.4 Å². The van der Waals surface area contributed by atoms with Crippen LogP contribution in [0.15, 0.2) is 82.8 Å². The minimum absolute atomic E-state index is 0.0360. The highest BCUT2D eigenvalue weighted by molar-refractivity contribution is 7.91. The van der Waals surface area contributed by atoms with E-state index in [9.17, 15) is 13.2 Å². The largest absolute Gasteiger partial charge is 0.491 e. The van der Waals surface area contributed by atoms with Crippen molar-refractivity contribution in [2.75, 3.05) is 5.32 Å². The fourth-order valence-electron chi connectivity index (χ4n) is 2.54. The van der Waals surface area contributed by atoms with Gasteiger partial charge in [0.05, 0.1) is 15.9 Å². The first-order valence-electron chi connectivity index (χ1n) is 8.69. The number of amides is 1. The molecule has 1 N–H and O–H groups in total. The van der Waals surface area contributed by atoms with E-state index in [-0.39, 0.29) is 21.5 Å². The Balaban J connectivity index is 1.79. The van der Waals surface area contributed by atoms with Crippen LogP contribution in [0.5, 0.6) is 5.75 Å². The smallest absolute Gasteiger partial charge is 0.255 e. The van der Waals surface area contributed by atoms with Gasteiger partial charge >= 0.3 is 0 Å². The molecule has 3 aromatic rings. The molecular formula is C21H20N2O4S. The number of hydrogen-bond acceptors (Lipinski definition) is 5. The van der Waals surface area contributed by atoms with Crippen LogP contribution in [0, 0.1) is 0 Å². The first kappa shape index (κ1) is 19.6. The summed E-state index contributed by atoms with van der Waals surface area (Å²) in [6.07, 6.45) is 2.84. The van der Waals surface area contributed by atoms with Gasteiger partial charge in [0.15, 0.2) is 0 Å². The molecule has 0 atom stereocenters. The molecule has 144 valence electrons. The van der Waals surface area contributed by atoms with E-state index < -0.39 is 15.7 Å². The third kappa shape index (κ3) is 4.55. The highest BCUT2D eigenvalue weighted by atomic mass is 32.2. The lowest BCUT2D eigenvalue weighted by Gasteiger charge is -2.11. The molecule has 0 unspecified atom stereocenters. The lowest BCUT2D eigenvalue weighted by atomic mass is 10.2. The van der Waals surface area contributed by atoms with E-state index in [1.807, 2.05) is 13.8 Å². The molecule has 0 bridgehead atoms. The van der Waals surface area contributed by atoms with Gasteiger partial charge in [-0.2, -0.15) is 0 Å². The fraction of sp³-hybridized carbons (Fsp3) is 0.143. The van der Waals surface area contributed by atoms with E-state index in [2.05, 4.69) is 10.3 Å². The number of carbonyl (C=O) groups is 1. The molecule has 0 aliphatic carbocycles. The second-order valence-electron chi connectivity index (χ2n) is 6.37. The number of pyridine rings is 1. The van der Waals surface area contributed by atoms with Crippen LogP contribution in [-0.2, 0) is 9.84 Å². The SMILES string of the molecule is CC(C)Oc1ccc(NC(=O)c2cccc(S(=O)(=O)c3cccnc3)c2)cc1. The van der Waals surface area contributed by atoms with Crippen LogP contribution in [-0.4, -0.2) is 25.4 Å². The van der Waals surface area contributed by atoms with Crippen LogP contribution in [0.25, 0.3) is 0 Å². The normalized spacial score (nSPS) is 11.2. The first-order chi connectivity index (χ1) is 13.4. The number of carbonyl (C=O) groups excluding carboxylic acids is 1. The summed E-state index contributed by atoms with van der Waals surface area (Å²) in [4.78, 5) is 16.5. The molecule has 0 radical (unpaired) electrons. The van der Waals surface area contributed by atoms with Gasteiger partial charge in [-0.3, -0.25) is 9.78 Å². The number of aromatic nitrogens is 1. The summed E-state index contributed by atoms with van der Waals surface area (Å²) in [5.41, 5.74) is 0.828. The van der Waals surface area contributed by atoms with Gasteiger partial charge in [0.25, 0.3) is 5.91 Å². The maximum absolute atomic E-state index is 12.7. The van der Waals surface area contributed by atoms with Crippen LogP contribution < -0.4 is 10.1 Å². The topological polar surface area (TPSA) is 85.4 Å². The minimum atomic E-state index is -3.74. The van der Waals surface area contributed by atoms with E-state index in [1.54, 1.807) is 36.4 Å². The van der Waals surface area contributed by atoms with Crippen LogP contribution in [0.4, 0.5) is 5.69 Å². The van der Waals surface area contributed by atoms with Crippen LogP contribution in [0.2, 0.25) is 0 Å². The van der Waals surface area contributed by atoms with Gasteiger partial charge in [-0.15, -0.1) is 0 Å². The number of sulfone groups is 1. The average Bonchev–Trinajstić information content (AvgIpc) is 2.70. The Labute approximate surface area is 164 Å². The summed E-state index contributed by atoms with van der Waals surface area (Å²) in [7, 11) is -3.74. The number of ether oxygens (including phenoxy) is 1. The summed E-state index contributed by atoms with van der Waals surface area (Å²) in [6, 6.07) is 15.9. The molecule has 0 fully saturated rings. The molecular weight excluding hydrogens is 376 g/mol. The summed E-state index contributed by atoms with van der Waals surface area (Å²) in [6.45, 7) is 3.87. The van der Waals surface area contributed by atoms with Crippen LogP contribution >= 0.6 is 0 Å². The van der Waals surface area contributed by atoms with E-state index >= 15 is 0 Å². The molecule has 0 aliphatic rings.